The summed E-state index contributed by atoms with van der Waals surface area (Å²) in [4.78, 5) is 12.0. The molecule has 0 amide bonds. The number of carbonyl (C=O) groups is 1. The van der Waals surface area contributed by atoms with Crippen LogP contribution < -0.4 is 5.73 Å². The molecular weight excluding hydrogens is 162 g/mol. The predicted octanol–water partition coefficient (Wildman–Crippen LogP) is 2.02. The van der Waals surface area contributed by atoms with Gasteiger partial charge in [0.05, 0.1) is 5.54 Å². The summed E-state index contributed by atoms with van der Waals surface area (Å²) in [5, 5.41) is 0. The van der Waals surface area contributed by atoms with E-state index in [2.05, 4.69) is 0 Å². The number of Topliss-reactive ketones (excluding diaryl/α,β-unsaturated/α-hetero) is 1. The Morgan fingerprint density at radius 3 is 2.15 bits per heavy atom. The molecule has 0 aromatic heterocycles. The van der Waals surface area contributed by atoms with Gasteiger partial charge < -0.3 is 5.73 Å². The molecule has 2 aliphatic rings. The Labute approximate surface area is 79.9 Å². The third kappa shape index (κ3) is 1.64. The van der Waals surface area contributed by atoms with Crippen LogP contribution in [0.2, 0.25) is 0 Å². The van der Waals surface area contributed by atoms with Crippen molar-refractivity contribution in [2.75, 3.05) is 0 Å². The molecular formula is C11H19NO. The zero-order chi connectivity index (χ0) is 9.31. The maximum atomic E-state index is 12.0. The van der Waals surface area contributed by atoms with Gasteiger partial charge >= 0.3 is 0 Å². The van der Waals surface area contributed by atoms with E-state index in [9.17, 15) is 4.79 Å². The highest BCUT2D eigenvalue weighted by atomic mass is 16.1. The molecule has 2 fully saturated rings. The lowest BCUT2D eigenvalue weighted by molar-refractivity contribution is -0.131. The van der Waals surface area contributed by atoms with E-state index in [0.717, 1.165) is 38.5 Å². The van der Waals surface area contributed by atoms with E-state index in [-0.39, 0.29) is 0 Å². The van der Waals surface area contributed by atoms with Crippen molar-refractivity contribution in [2.45, 2.75) is 56.9 Å². The van der Waals surface area contributed by atoms with E-state index in [1.54, 1.807) is 0 Å². The highest BCUT2D eigenvalue weighted by Crippen LogP contribution is 2.35. The molecule has 0 aromatic carbocycles. The van der Waals surface area contributed by atoms with Crippen molar-refractivity contribution in [3.05, 3.63) is 0 Å². The maximum Gasteiger partial charge on any atom is 0.155 e. The average Bonchev–Trinajstić information content (AvgIpc) is 2.02. The van der Waals surface area contributed by atoms with Crippen molar-refractivity contribution in [1.29, 1.82) is 0 Å². The molecule has 0 aliphatic heterocycles. The third-order valence-electron chi connectivity index (χ3n) is 3.71. The van der Waals surface area contributed by atoms with Crippen molar-refractivity contribution in [2.24, 2.45) is 11.7 Å². The van der Waals surface area contributed by atoms with Crippen LogP contribution in [0.5, 0.6) is 0 Å². The number of carbonyl (C=O) groups excluding carboxylic acids is 1. The van der Waals surface area contributed by atoms with Crippen LogP contribution in [-0.4, -0.2) is 11.3 Å². The van der Waals surface area contributed by atoms with Crippen molar-refractivity contribution in [3.8, 4) is 0 Å². The van der Waals surface area contributed by atoms with Crippen molar-refractivity contribution in [3.63, 3.8) is 0 Å². The quantitative estimate of drug-likeness (QED) is 0.708. The maximum absolute atomic E-state index is 12.0. The molecule has 2 heteroatoms. The zero-order valence-corrected chi connectivity index (χ0v) is 8.22. The van der Waals surface area contributed by atoms with Crippen LogP contribution in [-0.2, 0) is 4.79 Å². The van der Waals surface area contributed by atoms with Crippen LogP contribution in [0, 0.1) is 5.92 Å². The summed E-state index contributed by atoms with van der Waals surface area (Å²) in [6.45, 7) is 0. The highest BCUT2D eigenvalue weighted by Gasteiger charge is 2.40. The lowest BCUT2D eigenvalue weighted by Crippen LogP contribution is -2.53. The summed E-state index contributed by atoms with van der Waals surface area (Å²) in [6, 6.07) is 0. The first-order valence-electron chi connectivity index (χ1n) is 5.56. The fourth-order valence-corrected chi connectivity index (χ4v) is 2.51. The fraction of sp³-hybridized carbons (Fsp3) is 0.909. The molecule has 0 heterocycles. The van der Waals surface area contributed by atoms with Crippen LogP contribution in [0.3, 0.4) is 0 Å². The zero-order valence-electron chi connectivity index (χ0n) is 8.22. The Morgan fingerprint density at radius 1 is 1.08 bits per heavy atom. The average molecular weight is 181 g/mol. The van der Waals surface area contributed by atoms with Gasteiger partial charge in [0.2, 0.25) is 0 Å². The van der Waals surface area contributed by atoms with E-state index in [4.69, 9.17) is 5.73 Å². The molecule has 13 heavy (non-hydrogen) atoms. The number of ketones is 1. The molecule has 2 saturated carbocycles. The lowest BCUT2D eigenvalue weighted by Gasteiger charge is -2.37. The Balaban J connectivity index is 1.99. The first kappa shape index (κ1) is 9.20. The summed E-state index contributed by atoms with van der Waals surface area (Å²) >= 11 is 0. The van der Waals surface area contributed by atoms with Gasteiger partial charge in [-0.15, -0.1) is 0 Å². The normalized spacial score (nSPS) is 28.1. The molecule has 0 radical (unpaired) electrons. The van der Waals surface area contributed by atoms with Crippen LogP contribution in [0.15, 0.2) is 0 Å². The Kier molecular flexibility index (Phi) is 2.41. The van der Waals surface area contributed by atoms with E-state index < -0.39 is 5.54 Å². The van der Waals surface area contributed by atoms with Crippen molar-refractivity contribution in [1.82, 2.24) is 0 Å². The molecule has 0 saturated heterocycles. The van der Waals surface area contributed by atoms with Crippen LogP contribution in [0.4, 0.5) is 0 Å². The monoisotopic (exact) mass is 181 g/mol. The minimum atomic E-state index is -0.427. The summed E-state index contributed by atoms with van der Waals surface area (Å²) < 4.78 is 0. The van der Waals surface area contributed by atoms with Crippen LogP contribution >= 0.6 is 0 Å². The second kappa shape index (κ2) is 3.41. The van der Waals surface area contributed by atoms with Gasteiger partial charge in [-0.3, -0.25) is 4.79 Å². The number of rotatable bonds is 2. The Morgan fingerprint density at radius 2 is 1.69 bits per heavy atom. The first-order chi connectivity index (χ1) is 6.22. The van der Waals surface area contributed by atoms with Gasteiger partial charge in [-0.2, -0.15) is 0 Å². The standard InChI is InChI=1S/C11H19NO/c12-11(7-2-1-3-8-11)10(13)9-5-4-6-9/h9H,1-8,12H2. The molecule has 0 bridgehead atoms. The number of hydrogen-bond donors (Lipinski definition) is 1. The summed E-state index contributed by atoms with van der Waals surface area (Å²) in [7, 11) is 0. The van der Waals surface area contributed by atoms with Crippen LogP contribution in [0.25, 0.3) is 0 Å². The number of hydrogen-bond acceptors (Lipinski definition) is 2. The Bertz CT molecular complexity index is 202. The van der Waals surface area contributed by atoms with Gasteiger partial charge in [0.15, 0.2) is 5.78 Å². The van der Waals surface area contributed by atoms with Gasteiger partial charge in [-0.05, 0) is 25.7 Å². The van der Waals surface area contributed by atoms with Gasteiger partial charge in [-0.25, -0.2) is 0 Å². The summed E-state index contributed by atoms with van der Waals surface area (Å²) in [5.74, 6) is 0.696. The third-order valence-corrected chi connectivity index (χ3v) is 3.71. The predicted molar refractivity (Wildman–Crippen MR) is 52.4 cm³/mol. The van der Waals surface area contributed by atoms with Gasteiger partial charge in [0, 0.05) is 5.92 Å². The lowest BCUT2D eigenvalue weighted by atomic mass is 9.70. The summed E-state index contributed by atoms with van der Waals surface area (Å²) in [5.41, 5.74) is 5.74. The smallest absolute Gasteiger partial charge is 0.155 e. The van der Waals surface area contributed by atoms with Gasteiger partial charge in [0.1, 0.15) is 0 Å². The minimum Gasteiger partial charge on any atom is -0.319 e. The fourth-order valence-electron chi connectivity index (χ4n) is 2.51. The van der Waals surface area contributed by atoms with Crippen LogP contribution in [0.1, 0.15) is 51.4 Å². The van der Waals surface area contributed by atoms with E-state index in [1.807, 2.05) is 0 Å². The van der Waals surface area contributed by atoms with Crippen molar-refractivity contribution < 1.29 is 4.79 Å². The first-order valence-corrected chi connectivity index (χ1v) is 5.56. The molecule has 0 atom stereocenters. The SMILES string of the molecule is NC1(C(=O)C2CCC2)CCCCC1. The number of nitrogens with two attached hydrogens (primary N) is 1. The van der Waals surface area contributed by atoms with E-state index in [1.165, 1.54) is 12.8 Å². The minimum absolute atomic E-state index is 0.322. The molecule has 2 rings (SSSR count). The largest absolute Gasteiger partial charge is 0.319 e. The second-order valence-corrected chi connectivity index (χ2v) is 4.71. The highest BCUT2D eigenvalue weighted by molar-refractivity contribution is 5.90. The molecule has 2 aliphatic carbocycles. The topological polar surface area (TPSA) is 43.1 Å². The molecule has 74 valence electrons. The van der Waals surface area contributed by atoms with E-state index in [0.29, 0.717) is 11.7 Å². The van der Waals surface area contributed by atoms with Gasteiger partial charge in [-0.1, -0.05) is 25.7 Å². The second-order valence-electron chi connectivity index (χ2n) is 4.71. The molecule has 0 unspecified atom stereocenters. The summed E-state index contributed by atoms with van der Waals surface area (Å²) in [6.07, 6.45) is 8.84. The Hall–Kier alpha value is -0.370. The molecule has 2 nitrogen and oxygen atoms in total. The van der Waals surface area contributed by atoms with Crippen molar-refractivity contribution >= 4 is 5.78 Å². The molecule has 0 aromatic rings. The molecule has 2 N–H and O–H groups in total. The molecule has 0 spiro atoms. The van der Waals surface area contributed by atoms with E-state index >= 15 is 0 Å². The van der Waals surface area contributed by atoms with Gasteiger partial charge in [0.25, 0.3) is 0 Å².